The van der Waals surface area contributed by atoms with Crippen molar-refractivity contribution in [2.24, 2.45) is 0 Å². The lowest BCUT2D eigenvalue weighted by molar-refractivity contribution is -0.0187. The molecule has 1 saturated heterocycles. The Morgan fingerprint density at radius 2 is 1.88 bits per heavy atom. The zero-order valence-electron chi connectivity index (χ0n) is 11.5. The predicted octanol–water partition coefficient (Wildman–Crippen LogP) is 2.43. The van der Waals surface area contributed by atoms with E-state index in [1.165, 1.54) is 25.7 Å². The van der Waals surface area contributed by atoms with E-state index in [1.807, 2.05) is 0 Å². The molecule has 0 amide bonds. The lowest BCUT2D eigenvalue weighted by Crippen LogP contribution is -2.39. The van der Waals surface area contributed by atoms with Crippen molar-refractivity contribution in [1.29, 1.82) is 0 Å². The summed E-state index contributed by atoms with van der Waals surface area (Å²) in [6.45, 7) is 8.26. The maximum atomic E-state index is 10.2. The van der Waals surface area contributed by atoms with Gasteiger partial charge in [0.05, 0.1) is 12.2 Å². The van der Waals surface area contributed by atoms with Gasteiger partial charge in [-0.25, -0.2) is 0 Å². The van der Waals surface area contributed by atoms with Crippen molar-refractivity contribution in [1.82, 2.24) is 4.90 Å². The van der Waals surface area contributed by atoms with Crippen molar-refractivity contribution < 1.29 is 9.84 Å². The number of hydrogen-bond acceptors (Lipinski definition) is 3. The number of unbranched alkanes of at least 4 members (excludes halogenated alkanes) is 2. The standard InChI is InChI=1S/C14H29NO2/c1-3-5-9-15(10-6-4-2)12-13(16)14-8-7-11-17-14/h13-14,16H,3-12H2,1-2H3/t13-,14+/m1/s1. The van der Waals surface area contributed by atoms with Gasteiger partial charge in [-0.1, -0.05) is 26.7 Å². The van der Waals surface area contributed by atoms with E-state index in [2.05, 4.69) is 18.7 Å². The summed E-state index contributed by atoms with van der Waals surface area (Å²) in [7, 11) is 0. The van der Waals surface area contributed by atoms with Crippen molar-refractivity contribution in [3.8, 4) is 0 Å². The fourth-order valence-corrected chi connectivity index (χ4v) is 2.35. The highest BCUT2D eigenvalue weighted by molar-refractivity contribution is 4.77. The molecule has 0 radical (unpaired) electrons. The molecule has 2 atom stereocenters. The Labute approximate surface area is 106 Å². The Morgan fingerprint density at radius 1 is 1.24 bits per heavy atom. The van der Waals surface area contributed by atoms with E-state index < -0.39 is 0 Å². The molecule has 0 spiro atoms. The SMILES string of the molecule is CCCCN(CCCC)C[C@@H](O)[C@@H]1CCCO1. The lowest BCUT2D eigenvalue weighted by Gasteiger charge is -2.27. The molecule has 102 valence electrons. The molecular weight excluding hydrogens is 214 g/mol. The van der Waals surface area contributed by atoms with Gasteiger partial charge in [-0.3, -0.25) is 0 Å². The van der Waals surface area contributed by atoms with Gasteiger partial charge in [-0.2, -0.15) is 0 Å². The summed E-state index contributed by atoms with van der Waals surface area (Å²) in [6, 6.07) is 0. The second kappa shape index (κ2) is 8.90. The van der Waals surface area contributed by atoms with Gasteiger partial charge in [0.25, 0.3) is 0 Å². The number of rotatable bonds is 9. The number of hydrogen-bond donors (Lipinski definition) is 1. The average Bonchev–Trinajstić information content (AvgIpc) is 2.86. The predicted molar refractivity (Wildman–Crippen MR) is 71.2 cm³/mol. The molecule has 0 unspecified atom stereocenters. The lowest BCUT2D eigenvalue weighted by atomic mass is 10.1. The molecule has 0 aromatic carbocycles. The Hall–Kier alpha value is -0.120. The Balaban J connectivity index is 2.28. The molecular formula is C14H29NO2. The van der Waals surface area contributed by atoms with Crippen molar-refractivity contribution in [2.75, 3.05) is 26.2 Å². The molecule has 1 fully saturated rings. The number of aliphatic hydroxyl groups is 1. The molecule has 0 saturated carbocycles. The highest BCUT2D eigenvalue weighted by Crippen LogP contribution is 2.16. The van der Waals surface area contributed by atoms with Crippen LogP contribution in [0.5, 0.6) is 0 Å². The summed E-state index contributed by atoms with van der Waals surface area (Å²) in [5.74, 6) is 0. The maximum Gasteiger partial charge on any atom is 0.0928 e. The van der Waals surface area contributed by atoms with Crippen LogP contribution in [0.3, 0.4) is 0 Å². The van der Waals surface area contributed by atoms with Crippen LogP contribution in [0.2, 0.25) is 0 Å². The van der Waals surface area contributed by atoms with E-state index in [1.54, 1.807) is 0 Å². The first-order valence-electron chi connectivity index (χ1n) is 7.30. The molecule has 3 heteroatoms. The molecule has 17 heavy (non-hydrogen) atoms. The first-order chi connectivity index (χ1) is 8.27. The summed E-state index contributed by atoms with van der Waals surface area (Å²) in [6.07, 6.45) is 6.80. The molecule has 1 rings (SSSR count). The zero-order valence-corrected chi connectivity index (χ0v) is 11.5. The minimum Gasteiger partial charge on any atom is -0.389 e. The third-order valence-corrected chi connectivity index (χ3v) is 3.50. The van der Waals surface area contributed by atoms with Gasteiger partial charge < -0.3 is 14.7 Å². The molecule has 1 aliphatic rings. The first-order valence-corrected chi connectivity index (χ1v) is 7.30. The van der Waals surface area contributed by atoms with E-state index in [9.17, 15) is 5.11 Å². The highest BCUT2D eigenvalue weighted by Gasteiger charge is 2.25. The molecule has 1 heterocycles. The quantitative estimate of drug-likeness (QED) is 0.675. The van der Waals surface area contributed by atoms with E-state index >= 15 is 0 Å². The number of nitrogens with zero attached hydrogens (tertiary/aromatic N) is 1. The second-order valence-corrected chi connectivity index (χ2v) is 5.13. The van der Waals surface area contributed by atoms with E-state index in [4.69, 9.17) is 4.74 Å². The third-order valence-electron chi connectivity index (χ3n) is 3.50. The second-order valence-electron chi connectivity index (χ2n) is 5.13. The minimum atomic E-state index is -0.300. The van der Waals surface area contributed by atoms with Crippen LogP contribution in [-0.2, 0) is 4.74 Å². The number of ether oxygens (including phenoxy) is 1. The molecule has 1 aliphatic heterocycles. The van der Waals surface area contributed by atoms with Crippen LogP contribution in [0.15, 0.2) is 0 Å². The van der Waals surface area contributed by atoms with Gasteiger partial charge in [-0.05, 0) is 38.8 Å². The normalized spacial score (nSPS) is 22.2. The number of aliphatic hydroxyl groups excluding tert-OH is 1. The fourth-order valence-electron chi connectivity index (χ4n) is 2.35. The van der Waals surface area contributed by atoms with E-state index in [-0.39, 0.29) is 12.2 Å². The zero-order chi connectivity index (χ0) is 12.5. The van der Waals surface area contributed by atoms with Crippen LogP contribution in [0.25, 0.3) is 0 Å². The van der Waals surface area contributed by atoms with Crippen LogP contribution < -0.4 is 0 Å². The smallest absolute Gasteiger partial charge is 0.0928 e. The molecule has 0 aromatic rings. The van der Waals surface area contributed by atoms with Gasteiger partial charge in [0.15, 0.2) is 0 Å². The maximum absolute atomic E-state index is 10.2. The van der Waals surface area contributed by atoms with E-state index in [0.29, 0.717) is 0 Å². The third kappa shape index (κ3) is 5.84. The van der Waals surface area contributed by atoms with E-state index in [0.717, 1.165) is 39.1 Å². The molecule has 0 aliphatic carbocycles. The summed E-state index contributed by atoms with van der Waals surface area (Å²) in [4.78, 5) is 2.40. The Bertz CT molecular complexity index is 173. The molecule has 0 bridgehead atoms. The topological polar surface area (TPSA) is 32.7 Å². The monoisotopic (exact) mass is 243 g/mol. The molecule has 0 aromatic heterocycles. The van der Waals surface area contributed by atoms with Gasteiger partial charge in [0.1, 0.15) is 0 Å². The van der Waals surface area contributed by atoms with Crippen molar-refractivity contribution in [2.45, 2.75) is 64.6 Å². The van der Waals surface area contributed by atoms with Crippen LogP contribution >= 0.6 is 0 Å². The largest absolute Gasteiger partial charge is 0.389 e. The van der Waals surface area contributed by atoms with Crippen LogP contribution in [0.4, 0.5) is 0 Å². The van der Waals surface area contributed by atoms with Gasteiger partial charge in [0.2, 0.25) is 0 Å². The van der Waals surface area contributed by atoms with Gasteiger partial charge in [-0.15, -0.1) is 0 Å². The van der Waals surface area contributed by atoms with Crippen LogP contribution in [0.1, 0.15) is 52.4 Å². The summed E-state index contributed by atoms with van der Waals surface area (Å²) in [5, 5.41) is 10.2. The summed E-state index contributed by atoms with van der Waals surface area (Å²) >= 11 is 0. The molecule has 1 N–H and O–H groups in total. The summed E-state index contributed by atoms with van der Waals surface area (Å²) < 4.78 is 5.55. The van der Waals surface area contributed by atoms with Gasteiger partial charge >= 0.3 is 0 Å². The minimum absolute atomic E-state index is 0.0840. The first kappa shape index (κ1) is 14.9. The Morgan fingerprint density at radius 3 is 2.35 bits per heavy atom. The Kier molecular flexibility index (Phi) is 7.82. The van der Waals surface area contributed by atoms with Crippen molar-refractivity contribution in [3.63, 3.8) is 0 Å². The summed E-state index contributed by atoms with van der Waals surface area (Å²) in [5.41, 5.74) is 0. The van der Waals surface area contributed by atoms with Crippen molar-refractivity contribution in [3.05, 3.63) is 0 Å². The van der Waals surface area contributed by atoms with Gasteiger partial charge in [0, 0.05) is 13.2 Å². The van der Waals surface area contributed by atoms with Crippen LogP contribution in [0, 0.1) is 0 Å². The highest BCUT2D eigenvalue weighted by atomic mass is 16.5. The average molecular weight is 243 g/mol. The molecule has 3 nitrogen and oxygen atoms in total. The van der Waals surface area contributed by atoms with Crippen LogP contribution in [-0.4, -0.2) is 48.5 Å². The fraction of sp³-hybridized carbons (Fsp3) is 1.00. The van der Waals surface area contributed by atoms with Crippen molar-refractivity contribution >= 4 is 0 Å².